The first kappa shape index (κ1) is 51.1. The maximum absolute atomic E-state index is 6.14. The Kier molecular flexibility index (Phi) is 33.5. The van der Waals surface area contributed by atoms with Crippen LogP contribution in [0.25, 0.3) is 0 Å². The van der Waals surface area contributed by atoms with E-state index < -0.39 is 0 Å². The van der Waals surface area contributed by atoms with E-state index in [1.807, 2.05) is 67.6 Å². The van der Waals surface area contributed by atoms with E-state index in [2.05, 4.69) is 0 Å². The molecular formula is C42H68O17. The van der Waals surface area contributed by atoms with Crippen LogP contribution in [0.3, 0.4) is 0 Å². The van der Waals surface area contributed by atoms with Crippen LogP contribution in [-0.4, -0.2) is 157 Å². The Bertz CT molecular complexity index is 1150. The number of hydrogen-bond donors (Lipinski definition) is 0. The molecule has 0 saturated heterocycles. The molecule has 0 aromatic heterocycles. The molecule has 0 radical (unpaired) electrons. The Morgan fingerprint density at radius 2 is 0.627 bits per heavy atom. The Labute approximate surface area is 349 Å². The summed E-state index contributed by atoms with van der Waals surface area (Å²) in [4.78, 5) is 41.4. The molecule has 338 valence electrons. The van der Waals surface area contributed by atoms with Gasteiger partial charge in [-0.05, 0) is 37.3 Å². The van der Waals surface area contributed by atoms with E-state index >= 15 is 0 Å². The molecule has 1 aliphatic carbocycles. The second-order valence-corrected chi connectivity index (χ2v) is 12.9. The summed E-state index contributed by atoms with van der Waals surface area (Å²) < 4.78 is 51.3. The summed E-state index contributed by atoms with van der Waals surface area (Å²) >= 11 is 0. The largest absolute Gasteiger partial charge is 0.379 e. The first-order valence-corrected chi connectivity index (χ1v) is 20.7. The van der Waals surface area contributed by atoms with Gasteiger partial charge in [-0.3, -0.25) is 0 Å². The van der Waals surface area contributed by atoms with Crippen molar-refractivity contribution in [1.29, 1.82) is 0 Å². The van der Waals surface area contributed by atoms with Gasteiger partial charge in [0.05, 0.1) is 111 Å². The average molecular weight is 845 g/mol. The van der Waals surface area contributed by atoms with Crippen LogP contribution in [-0.2, 0) is 94.9 Å². The van der Waals surface area contributed by atoms with Crippen molar-refractivity contribution in [2.45, 2.75) is 57.7 Å². The van der Waals surface area contributed by atoms with Gasteiger partial charge in [-0.15, -0.1) is 0 Å². The predicted molar refractivity (Wildman–Crippen MR) is 212 cm³/mol. The smallest absolute Gasteiger partial charge is 0.107 e. The Hall–Kier alpha value is -2.24. The third-order valence-corrected chi connectivity index (χ3v) is 8.22. The number of ether oxygens (including phenoxy) is 9. The van der Waals surface area contributed by atoms with Gasteiger partial charge < -0.3 is 42.6 Å². The molecule has 3 unspecified atom stereocenters. The van der Waals surface area contributed by atoms with Crippen LogP contribution < -0.4 is 0 Å². The molecule has 1 fully saturated rings. The SMILES string of the molecule is CCOCCOOCCOCCOC1CC(OCCOOCCOCCOCCOCc2ccccc2)CC(OCCOOCCOCCOOCc2ccccc2)C1. The summed E-state index contributed by atoms with van der Waals surface area (Å²) in [5, 5.41) is 0. The van der Waals surface area contributed by atoms with E-state index in [-0.39, 0.29) is 38.1 Å². The van der Waals surface area contributed by atoms with Crippen LogP contribution in [0.4, 0.5) is 0 Å². The fourth-order valence-corrected chi connectivity index (χ4v) is 5.46. The first-order chi connectivity index (χ1) is 29.3. The quantitative estimate of drug-likeness (QED) is 0.0517. The zero-order valence-electron chi connectivity index (χ0n) is 34.8. The lowest BCUT2D eigenvalue weighted by Gasteiger charge is -2.34. The standard InChI is InChI=1S/C42H68O17/c1-2-43-18-26-52-53-28-20-46-17-23-49-40-33-41(50-24-31-56-54-27-19-45-14-13-44-15-16-48-36-38-9-5-3-6-10-38)35-42(34-40)51-25-32-57-55-29-21-47-22-30-58-59-37-39-11-7-4-8-12-39/h3-12,40-42H,2,13-37H2,1H3. The van der Waals surface area contributed by atoms with Crippen LogP contribution >= 0.6 is 0 Å². The fourth-order valence-electron chi connectivity index (χ4n) is 5.46. The molecule has 0 aliphatic heterocycles. The van der Waals surface area contributed by atoms with Crippen molar-refractivity contribution in [3.8, 4) is 0 Å². The minimum Gasteiger partial charge on any atom is -0.379 e. The molecule has 3 atom stereocenters. The van der Waals surface area contributed by atoms with E-state index in [0.717, 1.165) is 24.0 Å². The molecule has 3 rings (SSSR count). The van der Waals surface area contributed by atoms with Crippen molar-refractivity contribution in [3.05, 3.63) is 71.8 Å². The minimum absolute atomic E-state index is 0.0670. The molecular weight excluding hydrogens is 776 g/mol. The zero-order chi connectivity index (χ0) is 41.4. The van der Waals surface area contributed by atoms with Crippen LogP contribution in [0.5, 0.6) is 0 Å². The van der Waals surface area contributed by atoms with Crippen molar-refractivity contribution in [1.82, 2.24) is 0 Å². The Morgan fingerprint density at radius 3 is 1.05 bits per heavy atom. The van der Waals surface area contributed by atoms with E-state index in [1.165, 1.54) is 0 Å². The lowest BCUT2D eigenvalue weighted by molar-refractivity contribution is -0.315. The molecule has 1 aliphatic rings. The van der Waals surface area contributed by atoms with Gasteiger partial charge in [0, 0.05) is 6.61 Å². The first-order valence-electron chi connectivity index (χ1n) is 20.7. The average Bonchev–Trinajstić information content (AvgIpc) is 3.26. The highest BCUT2D eigenvalue weighted by Gasteiger charge is 2.30. The highest BCUT2D eigenvalue weighted by molar-refractivity contribution is 5.14. The van der Waals surface area contributed by atoms with Crippen LogP contribution in [0, 0.1) is 0 Å². The summed E-state index contributed by atoms with van der Waals surface area (Å²) in [7, 11) is 0. The second kappa shape index (κ2) is 38.7. The topological polar surface area (TPSA) is 157 Å². The number of benzene rings is 2. The highest BCUT2D eigenvalue weighted by atomic mass is 17.2. The monoisotopic (exact) mass is 844 g/mol. The summed E-state index contributed by atoms with van der Waals surface area (Å²) in [5.41, 5.74) is 2.18. The summed E-state index contributed by atoms with van der Waals surface area (Å²) in [6.45, 7) is 11.2. The maximum atomic E-state index is 6.14. The van der Waals surface area contributed by atoms with Gasteiger partial charge in [0.25, 0.3) is 0 Å². The molecule has 0 N–H and O–H groups in total. The molecule has 0 bridgehead atoms. The summed E-state index contributed by atoms with van der Waals surface area (Å²) in [5.74, 6) is 0. The molecule has 17 heteroatoms. The van der Waals surface area contributed by atoms with Crippen LogP contribution in [0.15, 0.2) is 60.7 Å². The molecule has 0 amide bonds. The summed E-state index contributed by atoms with van der Waals surface area (Å²) in [6, 6.07) is 19.8. The van der Waals surface area contributed by atoms with Gasteiger partial charge in [0.1, 0.15) is 52.9 Å². The predicted octanol–water partition coefficient (Wildman–Crippen LogP) is 4.64. The van der Waals surface area contributed by atoms with Crippen molar-refractivity contribution in [2.24, 2.45) is 0 Å². The lowest BCUT2D eigenvalue weighted by atomic mass is 9.92. The van der Waals surface area contributed by atoms with Crippen molar-refractivity contribution in [2.75, 3.05) is 139 Å². The zero-order valence-corrected chi connectivity index (χ0v) is 34.8. The molecule has 17 nitrogen and oxygen atoms in total. The number of rotatable bonds is 42. The van der Waals surface area contributed by atoms with Crippen molar-refractivity contribution in [3.63, 3.8) is 0 Å². The molecule has 2 aromatic rings. The van der Waals surface area contributed by atoms with Gasteiger partial charge in [-0.25, -0.2) is 39.1 Å². The second-order valence-electron chi connectivity index (χ2n) is 12.9. The van der Waals surface area contributed by atoms with Gasteiger partial charge >= 0.3 is 0 Å². The molecule has 0 heterocycles. The van der Waals surface area contributed by atoms with Gasteiger partial charge in [0.15, 0.2) is 0 Å². The van der Waals surface area contributed by atoms with Crippen molar-refractivity contribution < 1.29 is 81.7 Å². The van der Waals surface area contributed by atoms with E-state index in [4.69, 9.17) is 81.7 Å². The van der Waals surface area contributed by atoms with Crippen LogP contribution in [0.2, 0.25) is 0 Å². The molecule has 2 aromatic carbocycles. The normalized spacial score (nSPS) is 16.9. The van der Waals surface area contributed by atoms with Crippen molar-refractivity contribution >= 4 is 0 Å². The third-order valence-electron chi connectivity index (χ3n) is 8.22. The van der Waals surface area contributed by atoms with Gasteiger partial charge in [-0.2, -0.15) is 0 Å². The van der Waals surface area contributed by atoms with Crippen LogP contribution in [0.1, 0.15) is 37.3 Å². The third kappa shape index (κ3) is 30.4. The highest BCUT2D eigenvalue weighted by Crippen LogP contribution is 2.26. The van der Waals surface area contributed by atoms with E-state index in [9.17, 15) is 0 Å². The van der Waals surface area contributed by atoms with Gasteiger partial charge in [0.2, 0.25) is 0 Å². The summed E-state index contributed by atoms with van der Waals surface area (Å²) in [6.07, 6.45) is 1.91. The minimum atomic E-state index is -0.0851. The Balaban J connectivity index is 1.17. The maximum Gasteiger partial charge on any atom is 0.107 e. The molecule has 59 heavy (non-hydrogen) atoms. The van der Waals surface area contributed by atoms with Gasteiger partial charge in [-0.1, -0.05) is 60.7 Å². The lowest BCUT2D eigenvalue weighted by Crippen LogP contribution is -2.38. The molecule has 0 spiro atoms. The van der Waals surface area contributed by atoms with E-state index in [0.29, 0.717) is 139 Å². The van der Waals surface area contributed by atoms with E-state index in [1.54, 1.807) is 0 Å². The number of hydrogen-bond acceptors (Lipinski definition) is 17. The molecule has 1 saturated carbocycles. The fraction of sp³-hybridized carbons (Fsp3) is 0.714. The Morgan fingerprint density at radius 1 is 0.322 bits per heavy atom.